The Labute approximate surface area is 141 Å². The lowest BCUT2D eigenvalue weighted by Crippen LogP contribution is -2.42. The van der Waals surface area contributed by atoms with E-state index in [-0.39, 0.29) is 36.2 Å². The van der Waals surface area contributed by atoms with Gasteiger partial charge in [0, 0.05) is 23.8 Å². The smallest absolute Gasteiger partial charge is 0.229 e. The fourth-order valence-electron chi connectivity index (χ4n) is 4.40. The zero-order valence-electron chi connectivity index (χ0n) is 12.9. The number of amides is 2. The van der Waals surface area contributed by atoms with Crippen molar-refractivity contribution in [3.05, 3.63) is 23.8 Å². The predicted molar refractivity (Wildman–Crippen MR) is 91.6 cm³/mol. The highest BCUT2D eigenvalue weighted by Gasteiger charge is 2.49. The third-order valence-electron chi connectivity index (χ3n) is 5.56. The summed E-state index contributed by atoms with van der Waals surface area (Å²) < 4.78 is 0. The maximum Gasteiger partial charge on any atom is 0.229 e. The molecule has 124 valence electrons. The number of fused-ring (bicyclic) bond motifs is 3. The summed E-state index contributed by atoms with van der Waals surface area (Å²) in [7, 11) is 0. The minimum atomic E-state index is -0.0654. The van der Waals surface area contributed by atoms with Gasteiger partial charge in [0.2, 0.25) is 11.8 Å². The summed E-state index contributed by atoms with van der Waals surface area (Å²) >= 11 is 0. The average molecular weight is 336 g/mol. The van der Waals surface area contributed by atoms with Crippen molar-refractivity contribution in [2.75, 3.05) is 10.6 Å². The van der Waals surface area contributed by atoms with E-state index in [1.54, 1.807) is 0 Å². The first kappa shape index (κ1) is 16.3. The van der Waals surface area contributed by atoms with Crippen LogP contribution in [-0.2, 0) is 16.0 Å². The molecule has 1 aromatic rings. The number of carbonyl (C=O) groups is 2. The van der Waals surface area contributed by atoms with Gasteiger partial charge in [-0.3, -0.25) is 9.59 Å². The molecule has 2 saturated carbocycles. The summed E-state index contributed by atoms with van der Waals surface area (Å²) in [6.45, 7) is 0. The molecule has 1 aliphatic heterocycles. The van der Waals surface area contributed by atoms with E-state index >= 15 is 0 Å². The number of hydrogen-bond donors (Lipinski definition) is 3. The number of rotatable bonds is 2. The summed E-state index contributed by atoms with van der Waals surface area (Å²) in [6, 6.07) is 5.73. The molecular formula is C17H22ClN3O2. The number of benzene rings is 1. The van der Waals surface area contributed by atoms with E-state index in [2.05, 4.69) is 10.6 Å². The van der Waals surface area contributed by atoms with Crippen LogP contribution >= 0.6 is 12.4 Å². The molecule has 0 spiro atoms. The van der Waals surface area contributed by atoms with Gasteiger partial charge >= 0.3 is 0 Å². The first-order valence-electron chi connectivity index (χ1n) is 8.11. The predicted octanol–water partition coefficient (Wildman–Crippen LogP) is 2.31. The number of aryl methyl sites for hydroxylation is 1. The van der Waals surface area contributed by atoms with Gasteiger partial charge in [0.1, 0.15) is 0 Å². The largest absolute Gasteiger partial charge is 0.327 e. The second-order valence-corrected chi connectivity index (χ2v) is 6.85. The van der Waals surface area contributed by atoms with Gasteiger partial charge in [-0.1, -0.05) is 6.07 Å². The molecule has 1 heterocycles. The highest BCUT2D eigenvalue weighted by Crippen LogP contribution is 2.48. The minimum absolute atomic E-state index is 0. The van der Waals surface area contributed by atoms with Crippen molar-refractivity contribution in [2.24, 2.45) is 23.5 Å². The van der Waals surface area contributed by atoms with E-state index in [0.717, 1.165) is 36.2 Å². The van der Waals surface area contributed by atoms with Crippen LogP contribution in [0.5, 0.6) is 0 Å². The van der Waals surface area contributed by atoms with Gasteiger partial charge in [-0.25, -0.2) is 0 Å². The van der Waals surface area contributed by atoms with E-state index in [0.29, 0.717) is 18.3 Å². The van der Waals surface area contributed by atoms with Crippen molar-refractivity contribution in [1.82, 2.24) is 0 Å². The molecule has 0 aromatic heterocycles. The van der Waals surface area contributed by atoms with Crippen LogP contribution in [0, 0.1) is 17.8 Å². The van der Waals surface area contributed by atoms with Crippen LogP contribution in [0.1, 0.15) is 31.2 Å². The lowest BCUT2D eigenvalue weighted by atomic mass is 9.84. The lowest BCUT2D eigenvalue weighted by molar-refractivity contribution is -0.121. The number of hydrogen-bond acceptors (Lipinski definition) is 3. The molecule has 2 bridgehead atoms. The van der Waals surface area contributed by atoms with Crippen molar-refractivity contribution in [2.45, 2.75) is 38.1 Å². The number of anilines is 2. The molecule has 3 aliphatic rings. The molecule has 23 heavy (non-hydrogen) atoms. The highest BCUT2D eigenvalue weighted by atomic mass is 35.5. The Morgan fingerprint density at radius 1 is 1.22 bits per heavy atom. The Balaban J connectivity index is 0.00000156. The molecule has 0 radical (unpaired) electrons. The second-order valence-electron chi connectivity index (χ2n) is 6.85. The summed E-state index contributed by atoms with van der Waals surface area (Å²) in [6.07, 6.45) is 4.67. The SMILES string of the molecule is Cl.NC1C2CCC(C2)C1C(=O)Nc1ccc2c(c1)NC(=O)CC2. The molecule has 5 nitrogen and oxygen atoms in total. The topological polar surface area (TPSA) is 84.2 Å². The van der Waals surface area contributed by atoms with E-state index in [1.165, 1.54) is 6.42 Å². The molecule has 6 heteroatoms. The quantitative estimate of drug-likeness (QED) is 0.775. The monoisotopic (exact) mass is 335 g/mol. The van der Waals surface area contributed by atoms with Crippen molar-refractivity contribution in [3.8, 4) is 0 Å². The normalized spacial score (nSPS) is 31.1. The Hall–Kier alpha value is -1.59. The standard InChI is InChI=1S/C17H21N3O2.ClH/c18-16-11-2-1-10(7-11)15(16)17(22)19-12-5-3-9-4-6-14(21)20-13(9)8-12;/h3,5,8,10-11,15-16H,1-2,4,6-7,18H2,(H,19,22)(H,20,21);1H. The van der Waals surface area contributed by atoms with Crippen molar-refractivity contribution >= 4 is 35.6 Å². The third-order valence-corrected chi connectivity index (χ3v) is 5.56. The molecule has 2 aliphatic carbocycles. The van der Waals surface area contributed by atoms with Gasteiger partial charge in [-0.15, -0.1) is 12.4 Å². The van der Waals surface area contributed by atoms with Gasteiger partial charge in [0.05, 0.1) is 5.92 Å². The fourth-order valence-corrected chi connectivity index (χ4v) is 4.40. The van der Waals surface area contributed by atoms with Gasteiger partial charge in [0.25, 0.3) is 0 Å². The summed E-state index contributed by atoms with van der Waals surface area (Å²) in [5, 5.41) is 5.86. The van der Waals surface area contributed by atoms with E-state index in [4.69, 9.17) is 5.73 Å². The van der Waals surface area contributed by atoms with Crippen molar-refractivity contribution in [3.63, 3.8) is 0 Å². The Morgan fingerprint density at radius 3 is 2.74 bits per heavy atom. The molecule has 4 rings (SSSR count). The molecule has 1 aromatic carbocycles. The van der Waals surface area contributed by atoms with Gasteiger partial charge in [0.15, 0.2) is 0 Å². The highest BCUT2D eigenvalue weighted by molar-refractivity contribution is 5.97. The fraction of sp³-hybridized carbons (Fsp3) is 0.529. The summed E-state index contributed by atoms with van der Waals surface area (Å²) in [5.41, 5.74) is 8.90. The number of nitrogens with one attached hydrogen (secondary N) is 2. The maximum absolute atomic E-state index is 12.6. The van der Waals surface area contributed by atoms with E-state index in [1.807, 2.05) is 18.2 Å². The third kappa shape index (κ3) is 2.83. The van der Waals surface area contributed by atoms with Crippen LogP contribution in [0.2, 0.25) is 0 Å². The maximum atomic E-state index is 12.6. The van der Waals surface area contributed by atoms with Gasteiger partial charge in [-0.05, 0) is 55.2 Å². The zero-order valence-corrected chi connectivity index (χ0v) is 13.7. The van der Waals surface area contributed by atoms with Crippen molar-refractivity contribution in [1.29, 1.82) is 0 Å². The Bertz CT molecular complexity index is 647. The summed E-state index contributed by atoms with van der Waals surface area (Å²) in [4.78, 5) is 24.1. The average Bonchev–Trinajstić information content (AvgIpc) is 3.07. The van der Waals surface area contributed by atoms with Gasteiger partial charge < -0.3 is 16.4 Å². The zero-order chi connectivity index (χ0) is 15.3. The lowest BCUT2D eigenvalue weighted by Gasteiger charge is -2.27. The molecule has 4 N–H and O–H groups in total. The van der Waals surface area contributed by atoms with Crippen LogP contribution in [-0.4, -0.2) is 17.9 Å². The molecular weight excluding hydrogens is 314 g/mol. The van der Waals surface area contributed by atoms with E-state index in [9.17, 15) is 9.59 Å². The van der Waals surface area contributed by atoms with Crippen molar-refractivity contribution < 1.29 is 9.59 Å². The second kappa shape index (κ2) is 6.13. The molecule has 4 atom stereocenters. The first-order chi connectivity index (χ1) is 10.6. The van der Waals surface area contributed by atoms with Crippen LogP contribution < -0.4 is 16.4 Å². The van der Waals surface area contributed by atoms with Crippen LogP contribution in [0.25, 0.3) is 0 Å². The Kier molecular flexibility index (Phi) is 4.34. The van der Waals surface area contributed by atoms with Crippen LogP contribution in [0.15, 0.2) is 18.2 Å². The van der Waals surface area contributed by atoms with Gasteiger partial charge in [-0.2, -0.15) is 0 Å². The minimum Gasteiger partial charge on any atom is -0.327 e. The number of nitrogens with two attached hydrogens (primary N) is 1. The molecule has 4 unspecified atom stereocenters. The van der Waals surface area contributed by atoms with E-state index < -0.39 is 0 Å². The number of halogens is 1. The van der Waals surface area contributed by atoms with Crippen LogP contribution in [0.3, 0.4) is 0 Å². The summed E-state index contributed by atoms with van der Waals surface area (Å²) in [5.74, 6) is 0.957. The number of carbonyl (C=O) groups excluding carboxylic acids is 2. The molecule has 2 fully saturated rings. The van der Waals surface area contributed by atoms with Crippen LogP contribution in [0.4, 0.5) is 11.4 Å². The Morgan fingerprint density at radius 2 is 2.00 bits per heavy atom. The molecule has 2 amide bonds. The molecule has 0 saturated heterocycles. The first-order valence-corrected chi connectivity index (χ1v) is 8.11.